The van der Waals surface area contributed by atoms with Crippen LogP contribution >= 0.6 is 0 Å². The summed E-state index contributed by atoms with van der Waals surface area (Å²) < 4.78 is 0. The number of aliphatic carboxylic acids is 1. The summed E-state index contributed by atoms with van der Waals surface area (Å²) in [5.74, 6) is -0.927. The first-order chi connectivity index (χ1) is 14.2. The van der Waals surface area contributed by atoms with Gasteiger partial charge in [0.15, 0.2) is 0 Å². The molecule has 3 nitrogen and oxygen atoms in total. The summed E-state index contributed by atoms with van der Waals surface area (Å²) in [5, 5.41) is 11.0. The summed E-state index contributed by atoms with van der Waals surface area (Å²) in [6.45, 7) is 6.47. The first-order valence-corrected chi connectivity index (χ1v) is 13.1. The standard InChI is InChI=1S/C26H53NO2.K/c1-3-5-7-9-11-13-15-17-19-21-23-27(25-26(28)29)24-22-20-18-16-14-12-10-8-6-4-2;/h3-25H2,1-2H3,(H,28,29);/q;+1/p-1. The minimum atomic E-state index is -0.927. The van der Waals surface area contributed by atoms with E-state index in [0.717, 1.165) is 25.9 Å². The van der Waals surface area contributed by atoms with Gasteiger partial charge in [-0.05, 0) is 25.9 Å². The van der Waals surface area contributed by atoms with E-state index >= 15 is 0 Å². The van der Waals surface area contributed by atoms with Crippen molar-refractivity contribution in [1.82, 2.24) is 4.90 Å². The van der Waals surface area contributed by atoms with E-state index in [4.69, 9.17) is 0 Å². The molecule has 0 rings (SSSR count). The number of hydrogen-bond acceptors (Lipinski definition) is 3. The Balaban J connectivity index is 0. The Hall–Kier alpha value is 1.07. The molecule has 0 amide bonds. The molecule has 0 saturated carbocycles. The van der Waals surface area contributed by atoms with E-state index in [-0.39, 0.29) is 57.9 Å². The number of carbonyl (C=O) groups excluding carboxylic acids is 1. The molecule has 0 aliphatic rings. The zero-order chi connectivity index (χ0) is 21.4. The van der Waals surface area contributed by atoms with E-state index in [1.807, 2.05) is 0 Å². The molecule has 0 bridgehead atoms. The molecule has 0 unspecified atom stereocenters. The van der Waals surface area contributed by atoms with Crippen molar-refractivity contribution in [3.63, 3.8) is 0 Å². The minimum absolute atomic E-state index is 0. The predicted octanol–water partition coefficient (Wildman–Crippen LogP) is 3.88. The Morgan fingerprint density at radius 2 is 0.800 bits per heavy atom. The van der Waals surface area contributed by atoms with Gasteiger partial charge >= 0.3 is 51.4 Å². The SMILES string of the molecule is CCCCCCCCCCCCN(CCCCCCCCCCCC)CC(=O)[O-].[K+]. The number of nitrogens with zero attached hydrogens (tertiary/aromatic N) is 1. The van der Waals surface area contributed by atoms with Crippen molar-refractivity contribution in [2.45, 2.75) is 142 Å². The quantitative estimate of drug-likeness (QED) is 0.166. The van der Waals surface area contributed by atoms with Gasteiger partial charge in [-0.1, -0.05) is 129 Å². The fraction of sp³-hybridized carbons (Fsp3) is 0.962. The van der Waals surface area contributed by atoms with Gasteiger partial charge in [0.05, 0.1) is 5.97 Å². The molecule has 0 spiro atoms. The molecule has 0 heterocycles. The van der Waals surface area contributed by atoms with Gasteiger partial charge in [-0.3, -0.25) is 4.90 Å². The zero-order valence-electron chi connectivity index (χ0n) is 21.0. The molecule has 0 atom stereocenters. The van der Waals surface area contributed by atoms with E-state index in [2.05, 4.69) is 18.7 Å². The second-order valence-electron chi connectivity index (χ2n) is 9.01. The van der Waals surface area contributed by atoms with Gasteiger partial charge in [-0.25, -0.2) is 0 Å². The third kappa shape index (κ3) is 27.1. The van der Waals surface area contributed by atoms with Gasteiger partial charge in [-0.15, -0.1) is 0 Å². The molecule has 0 fully saturated rings. The van der Waals surface area contributed by atoms with Crippen molar-refractivity contribution in [1.29, 1.82) is 0 Å². The van der Waals surface area contributed by atoms with Crippen LogP contribution in [0, 0.1) is 0 Å². The van der Waals surface area contributed by atoms with Crippen molar-refractivity contribution in [3.8, 4) is 0 Å². The van der Waals surface area contributed by atoms with Crippen molar-refractivity contribution >= 4 is 5.97 Å². The van der Waals surface area contributed by atoms with Gasteiger partial charge in [-0.2, -0.15) is 0 Å². The third-order valence-corrected chi connectivity index (χ3v) is 6.01. The number of hydrogen-bond donors (Lipinski definition) is 0. The van der Waals surface area contributed by atoms with Crippen LogP contribution in [0.1, 0.15) is 142 Å². The van der Waals surface area contributed by atoms with Crippen LogP contribution in [0.3, 0.4) is 0 Å². The second-order valence-corrected chi connectivity index (χ2v) is 9.01. The maximum atomic E-state index is 11.0. The Morgan fingerprint density at radius 3 is 1.07 bits per heavy atom. The van der Waals surface area contributed by atoms with Crippen molar-refractivity contribution < 1.29 is 61.3 Å². The molecule has 0 aliphatic heterocycles. The number of carboxylic acids is 1. The van der Waals surface area contributed by atoms with Gasteiger partial charge in [0.1, 0.15) is 0 Å². The van der Waals surface area contributed by atoms with Crippen LogP contribution < -0.4 is 56.5 Å². The van der Waals surface area contributed by atoms with E-state index in [1.54, 1.807) is 0 Å². The largest absolute Gasteiger partial charge is 1.00 e. The summed E-state index contributed by atoms with van der Waals surface area (Å²) in [7, 11) is 0. The van der Waals surface area contributed by atoms with Gasteiger partial charge in [0, 0.05) is 6.54 Å². The van der Waals surface area contributed by atoms with Crippen molar-refractivity contribution in [2.24, 2.45) is 0 Å². The Kier molecular flexibility index (Phi) is 31.1. The van der Waals surface area contributed by atoms with Crippen LogP contribution in [0.2, 0.25) is 0 Å². The Morgan fingerprint density at radius 1 is 0.533 bits per heavy atom. The zero-order valence-corrected chi connectivity index (χ0v) is 24.2. The van der Waals surface area contributed by atoms with Crippen molar-refractivity contribution in [2.75, 3.05) is 19.6 Å². The summed E-state index contributed by atoms with van der Waals surface area (Å²) >= 11 is 0. The number of carbonyl (C=O) groups is 1. The van der Waals surface area contributed by atoms with Crippen LogP contribution in [0.15, 0.2) is 0 Å². The first kappa shape index (κ1) is 33.2. The van der Waals surface area contributed by atoms with Crippen LogP contribution in [0.25, 0.3) is 0 Å². The smallest absolute Gasteiger partial charge is 0.549 e. The molecule has 0 aromatic carbocycles. The molecule has 0 aliphatic carbocycles. The van der Waals surface area contributed by atoms with Gasteiger partial charge in [0.2, 0.25) is 0 Å². The molecular formula is C26H52KNO2. The van der Waals surface area contributed by atoms with Gasteiger partial charge < -0.3 is 9.90 Å². The van der Waals surface area contributed by atoms with E-state index in [1.165, 1.54) is 116 Å². The molecule has 174 valence electrons. The predicted molar refractivity (Wildman–Crippen MR) is 125 cm³/mol. The molecule has 0 saturated heterocycles. The van der Waals surface area contributed by atoms with Crippen LogP contribution in [0.5, 0.6) is 0 Å². The number of rotatable bonds is 24. The molecule has 0 N–H and O–H groups in total. The summed E-state index contributed by atoms with van der Waals surface area (Å²) in [5.41, 5.74) is 0. The second kappa shape index (κ2) is 28.1. The van der Waals surface area contributed by atoms with Crippen LogP contribution in [-0.2, 0) is 4.79 Å². The van der Waals surface area contributed by atoms with E-state index in [9.17, 15) is 9.90 Å². The van der Waals surface area contributed by atoms with E-state index < -0.39 is 5.97 Å². The average molecular weight is 450 g/mol. The minimum Gasteiger partial charge on any atom is -0.549 e. The average Bonchev–Trinajstić information content (AvgIpc) is 2.70. The van der Waals surface area contributed by atoms with Crippen molar-refractivity contribution in [3.05, 3.63) is 0 Å². The van der Waals surface area contributed by atoms with Gasteiger partial charge in [0.25, 0.3) is 0 Å². The topological polar surface area (TPSA) is 43.4 Å². The molecule has 0 radical (unpaired) electrons. The summed E-state index contributed by atoms with van der Waals surface area (Å²) in [4.78, 5) is 13.1. The molecular weight excluding hydrogens is 397 g/mol. The fourth-order valence-electron chi connectivity index (χ4n) is 4.10. The molecule has 0 aromatic heterocycles. The Labute approximate surface area is 232 Å². The summed E-state index contributed by atoms with van der Waals surface area (Å²) in [6.07, 6.45) is 26.5. The molecule has 4 heteroatoms. The Bertz CT molecular complexity index is 315. The third-order valence-electron chi connectivity index (χ3n) is 6.01. The summed E-state index contributed by atoms with van der Waals surface area (Å²) in [6, 6.07) is 0. The first-order valence-electron chi connectivity index (χ1n) is 13.1. The van der Waals surface area contributed by atoms with Crippen LogP contribution in [-0.4, -0.2) is 30.5 Å². The fourth-order valence-corrected chi connectivity index (χ4v) is 4.10. The monoisotopic (exact) mass is 449 g/mol. The molecule has 0 aromatic rings. The number of unbranched alkanes of at least 4 members (excludes halogenated alkanes) is 18. The van der Waals surface area contributed by atoms with Crippen LogP contribution in [0.4, 0.5) is 0 Å². The molecule has 30 heavy (non-hydrogen) atoms. The maximum absolute atomic E-state index is 11.0. The number of carboxylic acid groups (broad SMARTS) is 1. The van der Waals surface area contributed by atoms with E-state index in [0.29, 0.717) is 0 Å². The normalized spacial score (nSPS) is 11.0. The maximum Gasteiger partial charge on any atom is 1.00 e.